The van der Waals surface area contributed by atoms with Gasteiger partial charge in [0.1, 0.15) is 12.4 Å². The van der Waals surface area contributed by atoms with E-state index in [0.717, 1.165) is 25.8 Å². The number of methoxy groups -OCH3 is 1. The first-order valence-corrected chi connectivity index (χ1v) is 17.8. The summed E-state index contributed by atoms with van der Waals surface area (Å²) in [6.07, 6.45) is 1.80. The van der Waals surface area contributed by atoms with Gasteiger partial charge in [-0.3, -0.25) is 9.36 Å². The van der Waals surface area contributed by atoms with Gasteiger partial charge in [0.05, 0.1) is 45.7 Å². The molecule has 1 aliphatic heterocycles. The van der Waals surface area contributed by atoms with Crippen molar-refractivity contribution >= 4 is 63.3 Å². The average molecular weight is 807 g/mol. The number of aromatic nitrogens is 1. The van der Waals surface area contributed by atoms with Gasteiger partial charge < -0.3 is 18.9 Å². The van der Waals surface area contributed by atoms with Crippen LogP contribution in [-0.2, 0) is 16.1 Å². The van der Waals surface area contributed by atoms with Crippen LogP contribution in [0.15, 0.2) is 106 Å². The molecule has 11 heteroatoms. The van der Waals surface area contributed by atoms with Gasteiger partial charge in [-0.2, -0.15) is 0 Å². The number of ether oxygens (including phenoxy) is 4. The highest BCUT2D eigenvalue weighted by Crippen LogP contribution is 2.37. The smallest absolute Gasteiger partial charge is 0.338 e. The Labute approximate surface area is 306 Å². The molecule has 0 unspecified atom stereocenters. The molecule has 0 aliphatic carbocycles. The normalized spacial score (nSPS) is 14.2. The molecule has 0 N–H and O–H groups in total. The first-order chi connectivity index (χ1) is 23.8. The summed E-state index contributed by atoms with van der Waals surface area (Å²) in [4.78, 5) is 33.5. The van der Waals surface area contributed by atoms with Gasteiger partial charge in [-0.1, -0.05) is 83.6 Å². The van der Waals surface area contributed by atoms with Crippen molar-refractivity contribution in [3.8, 4) is 17.2 Å². The van der Waals surface area contributed by atoms with Crippen LogP contribution in [0.1, 0.15) is 42.1 Å². The number of nitrogens with zero attached hydrogens (tertiary/aromatic N) is 2. The van der Waals surface area contributed by atoms with Crippen molar-refractivity contribution < 1.29 is 23.7 Å². The van der Waals surface area contributed by atoms with Crippen molar-refractivity contribution in [1.82, 2.24) is 4.57 Å². The standard InChI is InChI=1S/C38H32ClIN2O6S/c1-4-46-27-17-15-25(16-18-27)34-32(37(44)47-5-2)33(24-11-7-6-8-12-24)41-38-42(34)36(43)31(49-38)21-23-19-29(40)35(30(20-23)45-3)48-22-26-13-9-10-14-28(26)39/h6-21,34H,4-5,22H2,1-3H3/b31-21-/t34-/m1/s1. The largest absolute Gasteiger partial charge is 0.494 e. The van der Waals surface area contributed by atoms with E-state index in [2.05, 4.69) is 22.6 Å². The summed E-state index contributed by atoms with van der Waals surface area (Å²) in [6.45, 7) is 4.62. The van der Waals surface area contributed by atoms with Gasteiger partial charge in [0.15, 0.2) is 16.3 Å². The van der Waals surface area contributed by atoms with E-state index in [1.165, 1.54) is 11.3 Å². The Bertz CT molecular complexity index is 2210. The number of hydrogen-bond acceptors (Lipinski definition) is 8. The Morgan fingerprint density at radius 3 is 2.41 bits per heavy atom. The molecule has 0 fully saturated rings. The molecule has 2 heterocycles. The molecule has 49 heavy (non-hydrogen) atoms. The Kier molecular flexibility index (Phi) is 10.9. The van der Waals surface area contributed by atoms with E-state index in [1.807, 2.05) is 97.9 Å². The van der Waals surface area contributed by atoms with Crippen LogP contribution >= 0.6 is 45.5 Å². The van der Waals surface area contributed by atoms with E-state index in [9.17, 15) is 9.59 Å². The van der Waals surface area contributed by atoms with Crippen LogP contribution in [0.2, 0.25) is 5.02 Å². The molecule has 6 rings (SSSR count). The fourth-order valence-electron chi connectivity index (χ4n) is 5.55. The van der Waals surface area contributed by atoms with Crippen molar-refractivity contribution in [2.75, 3.05) is 20.3 Å². The van der Waals surface area contributed by atoms with E-state index in [-0.39, 0.29) is 24.3 Å². The highest BCUT2D eigenvalue weighted by Gasteiger charge is 2.35. The molecule has 0 amide bonds. The minimum atomic E-state index is -0.793. The quantitative estimate of drug-likeness (QED) is 0.104. The molecule has 0 saturated heterocycles. The number of rotatable bonds is 11. The summed E-state index contributed by atoms with van der Waals surface area (Å²) in [5.74, 6) is 1.24. The summed E-state index contributed by atoms with van der Waals surface area (Å²) < 4.78 is 25.9. The summed E-state index contributed by atoms with van der Waals surface area (Å²) in [5, 5.41) is 0.619. The zero-order valence-corrected chi connectivity index (χ0v) is 30.7. The third kappa shape index (κ3) is 7.31. The van der Waals surface area contributed by atoms with Crippen LogP contribution in [0.3, 0.4) is 0 Å². The monoisotopic (exact) mass is 806 g/mol. The first kappa shape index (κ1) is 34.5. The van der Waals surface area contributed by atoms with Gasteiger partial charge in [-0.15, -0.1) is 0 Å². The molecule has 0 radical (unpaired) electrons. The van der Waals surface area contributed by atoms with Crippen LogP contribution in [0.25, 0.3) is 11.8 Å². The maximum Gasteiger partial charge on any atom is 0.338 e. The van der Waals surface area contributed by atoms with Crippen molar-refractivity contribution in [3.63, 3.8) is 0 Å². The number of carbonyl (C=O) groups excluding carboxylic acids is 1. The minimum Gasteiger partial charge on any atom is -0.494 e. The van der Waals surface area contributed by atoms with E-state index < -0.39 is 12.0 Å². The van der Waals surface area contributed by atoms with E-state index in [0.29, 0.717) is 43.9 Å². The fraction of sp³-hybridized carbons (Fsp3) is 0.184. The van der Waals surface area contributed by atoms with Gasteiger partial charge in [0.2, 0.25) is 0 Å². The third-order valence-electron chi connectivity index (χ3n) is 7.76. The second-order valence-electron chi connectivity index (χ2n) is 10.8. The Morgan fingerprint density at radius 2 is 1.71 bits per heavy atom. The van der Waals surface area contributed by atoms with Gasteiger partial charge in [0.25, 0.3) is 5.56 Å². The lowest BCUT2D eigenvalue weighted by Gasteiger charge is -2.26. The van der Waals surface area contributed by atoms with Gasteiger partial charge in [-0.25, -0.2) is 9.79 Å². The molecular formula is C38H32ClIN2O6S. The lowest BCUT2D eigenvalue weighted by Crippen LogP contribution is -2.40. The minimum absolute atomic E-state index is 0.170. The van der Waals surface area contributed by atoms with Crippen LogP contribution in [-0.4, -0.2) is 30.9 Å². The van der Waals surface area contributed by atoms with Crippen molar-refractivity contribution in [2.45, 2.75) is 26.5 Å². The van der Waals surface area contributed by atoms with Crippen LogP contribution in [0.4, 0.5) is 0 Å². The molecule has 1 aliphatic rings. The highest BCUT2D eigenvalue weighted by atomic mass is 127. The number of fused-ring (bicyclic) bond motifs is 1. The predicted octanol–water partition coefficient (Wildman–Crippen LogP) is 7.18. The Morgan fingerprint density at radius 1 is 0.980 bits per heavy atom. The molecule has 250 valence electrons. The second-order valence-corrected chi connectivity index (χ2v) is 13.4. The molecule has 0 saturated carbocycles. The Hall–Kier alpha value is -4.39. The highest BCUT2D eigenvalue weighted by molar-refractivity contribution is 14.1. The zero-order valence-electron chi connectivity index (χ0n) is 26.9. The molecule has 1 aromatic heterocycles. The summed E-state index contributed by atoms with van der Waals surface area (Å²) in [5.41, 5.74) is 3.51. The van der Waals surface area contributed by atoms with Crippen LogP contribution in [0.5, 0.6) is 17.2 Å². The first-order valence-electron chi connectivity index (χ1n) is 15.6. The molecule has 4 aromatic carbocycles. The SMILES string of the molecule is CCOC(=O)C1=C(c2ccccc2)N=c2s/c(=C\c3cc(I)c(OCc4ccccc4Cl)c(OC)c3)c(=O)n2[C@@H]1c1ccc(OCC)cc1. The lowest BCUT2D eigenvalue weighted by molar-refractivity contribution is -0.138. The lowest BCUT2D eigenvalue weighted by atomic mass is 9.93. The zero-order chi connectivity index (χ0) is 34.5. The van der Waals surface area contributed by atoms with Gasteiger partial charge in [-0.05, 0) is 84.0 Å². The number of halogens is 2. The molecule has 0 spiro atoms. The summed E-state index contributed by atoms with van der Waals surface area (Å²) in [6, 6.07) is 27.3. The topological polar surface area (TPSA) is 88.4 Å². The van der Waals surface area contributed by atoms with E-state index in [4.69, 9.17) is 35.5 Å². The molecule has 0 bridgehead atoms. The number of benzene rings is 4. The molecule has 8 nitrogen and oxygen atoms in total. The molecule has 5 aromatic rings. The number of carbonyl (C=O) groups is 1. The Balaban J connectivity index is 1.49. The number of thiazole rings is 1. The molecule has 1 atom stereocenters. The summed E-state index contributed by atoms with van der Waals surface area (Å²) >= 11 is 9.79. The van der Waals surface area contributed by atoms with E-state index in [1.54, 1.807) is 24.7 Å². The summed E-state index contributed by atoms with van der Waals surface area (Å²) in [7, 11) is 1.57. The molecular weight excluding hydrogens is 775 g/mol. The van der Waals surface area contributed by atoms with Crippen LogP contribution in [0, 0.1) is 3.57 Å². The average Bonchev–Trinajstić information content (AvgIpc) is 3.42. The predicted molar refractivity (Wildman–Crippen MR) is 200 cm³/mol. The third-order valence-corrected chi connectivity index (χ3v) is 9.91. The maximum atomic E-state index is 14.4. The maximum absolute atomic E-state index is 14.4. The second kappa shape index (κ2) is 15.4. The van der Waals surface area contributed by atoms with E-state index >= 15 is 0 Å². The van der Waals surface area contributed by atoms with Crippen molar-refractivity contribution in [3.05, 3.63) is 147 Å². The number of hydrogen-bond donors (Lipinski definition) is 0. The van der Waals surface area contributed by atoms with Crippen molar-refractivity contribution in [1.29, 1.82) is 0 Å². The van der Waals surface area contributed by atoms with Gasteiger partial charge >= 0.3 is 5.97 Å². The van der Waals surface area contributed by atoms with Gasteiger partial charge in [0, 0.05) is 16.1 Å². The fourth-order valence-corrected chi connectivity index (χ4v) is 7.52. The number of esters is 1. The van der Waals surface area contributed by atoms with Crippen molar-refractivity contribution in [2.24, 2.45) is 4.99 Å². The van der Waals surface area contributed by atoms with Crippen LogP contribution < -0.4 is 29.1 Å².